The number of hydrogen-bond donors (Lipinski definition) is 1. The van der Waals surface area contributed by atoms with Crippen LogP contribution in [0.4, 0.5) is 0 Å². The van der Waals surface area contributed by atoms with Crippen molar-refractivity contribution < 1.29 is 4.74 Å². The summed E-state index contributed by atoms with van der Waals surface area (Å²) in [6.07, 6.45) is 6.52. The standard InChI is InChI=1S/C15H22ClNOS/c1-19-11-3-2-10-18-15-13-7-9-17-8-6-12(13)4-5-14(15)16/h4-5,17H,2-3,6-11H2,1H3. The van der Waals surface area contributed by atoms with E-state index in [9.17, 15) is 0 Å². The topological polar surface area (TPSA) is 21.3 Å². The van der Waals surface area contributed by atoms with E-state index in [1.54, 1.807) is 0 Å². The summed E-state index contributed by atoms with van der Waals surface area (Å²) in [7, 11) is 0. The molecule has 0 amide bonds. The van der Waals surface area contributed by atoms with Gasteiger partial charge in [-0.3, -0.25) is 0 Å². The van der Waals surface area contributed by atoms with Gasteiger partial charge in [0.25, 0.3) is 0 Å². The molecule has 1 aromatic rings. The van der Waals surface area contributed by atoms with Crippen LogP contribution >= 0.6 is 23.4 Å². The highest BCUT2D eigenvalue weighted by atomic mass is 35.5. The van der Waals surface area contributed by atoms with Gasteiger partial charge in [-0.1, -0.05) is 17.7 Å². The van der Waals surface area contributed by atoms with E-state index in [4.69, 9.17) is 16.3 Å². The van der Waals surface area contributed by atoms with Crippen molar-refractivity contribution >= 4 is 23.4 Å². The monoisotopic (exact) mass is 299 g/mol. The number of hydrogen-bond acceptors (Lipinski definition) is 3. The van der Waals surface area contributed by atoms with E-state index in [2.05, 4.69) is 17.6 Å². The highest BCUT2D eigenvalue weighted by molar-refractivity contribution is 7.98. The predicted octanol–water partition coefficient (Wildman–Crippen LogP) is 3.55. The Morgan fingerprint density at radius 2 is 2.11 bits per heavy atom. The molecule has 0 saturated heterocycles. The van der Waals surface area contributed by atoms with E-state index in [0.29, 0.717) is 0 Å². The number of unbranched alkanes of at least 4 members (excludes halogenated alkanes) is 1. The van der Waals surface area contributed by atoms with E-state index < -0.39 is 0 Å². The summed E-state index contributed by atoms with van der Waals surface area (Å²) >= 11 is 8.19. The minimum Gasteiger partial charge on any atom is -0.492 e. The van der Waals surface area contributed by atoms with Crippen LogP contribution in [0.15, 0.2) is 12.1 Å². The Balaban J connectivity index is 2.02. The molecule has 1 heterocycles. The average molecular weight is 300 g/mol. The third-order valence-electron chi connectivity index (χ3n) is 3.42. The Morgan fingerprint density at radius 3 is 2.95 bits per heavy atom. The van der Waals surface area contributed by atoms with E-state index in [1.807, 2.05) is 17.8 Å². The molecule has 0 bridgehead atoms. The van der Waals surface area contributed by atoms with Crippen LogP contribution in [0.25, 0.3) is 0 Å². The van der Waals surface area contributed by atoms with Crippen molar-refractivity contribution in [3.63, 3.8) is 0 Å². The molecule has 1 N–H and O–H groups in total. The maximum absolute atomic E-state index is 6.31. The Morgan fingerprint density at radius 1 is 1.26 bits per heavy atom. The van der Waals surface area contributed by atoms with Gasteiger partial charge >= 0.3 is 0 Å². The molecule has 0 saturated carbocycles. The molecular formula is C15H22ClNOS. The van der Waals surface area contributed by atoms with Gasteiger partial charge in [0.2, 0.25) is 0 Å². The molecule has 4 heteroatoms. The molecule has 0 spiro atoms. The van der Waals surface area contributed by atoms with Crippen LogP contribution in [-0.2, 0) is 12.8 Å². The first-order chi connectivity index (χ1) is 9.33. The van der Waals surface area contributed by atoms with Gasteiger partial charge in [0.15, 0.2) is 0 Å². The van der Waals surface area contributed by atoms with Crippen molar-refractivity contribution in [1.29, 1.82) is 0 Å². The summed E-state index contributed by atoms with van der Waals surface area (Å²) in [5, 5.41) is 4.18. The van der Waals surface area contributed by atoms with Gasteiger partial charge in [-0.2, -0.15) is 11.8 Å². The first-order valence-corrected chi connectivity index (χ1v) is 8.73. The second-order valence-electron chi connectivity index (χ2n) is 4.81. The lowest BCUT2D eigenvalue weighted by Crippen LogP contribution is -2.16. The highest BCUT2D eigenvalue weighted by Crippen LogP contribution is 2.33. The third-order valence-corrected chi connectivity index (χ3v) is 4.42. The summed E-state index contributed by atoms with van der Waals surface area (Å²) in [5.74, 6) is 2.13. The first kappa shape index (κ1) is 15.0. The number of halogens is 1. The minimum absolute atomic E-state index is 0.755. The van der Waals surface area contributed by atoms with Crippen LogP contribution in [0, 0.1) is 0 Å². The maximum Gasteiger partial charge on any atom is 0.141 e. The summed E-state index contributed by atoms with van der Waals surface area (Å²) in [6, 6.07) is 4.12. The lowest BCUT2D eigenvalue weighted by Gasteiger charge is -2.15. The normalized spacial score (nSPS) is 14.8. The lowest BCUT2D eigenvalue weighted by atomic mass is 10.0. The molecule has 0 fully saturated rings. The van der Waals surface area contributed by atoms with E-state index >= 15 is 0 Å². The summed E-state index contributed by atoms with van der Waals surface area (Å²) in [6.45, 7) is 2.82. The zero-order valence-corrected chi connectivity index (χ0v) is 13.1. The smallest absolute Gasteiger partial charge is 0.141 e. The van der Waals surface area contributed by atoms with Crippen molar-refractivity contribution in [1.82, 2.24) is 5.32 Å². The SMILES string of the molecule is CSCCCCOc1c(Cl)ccc2c1CCNCC2. The van der Waals surface area contributed by atoms with Gasteiger partial charge in [0.05, 0.1) is 11.6 Å². The molecule has 1 aliphatic heterocycles. The Bertz CT molecular complexity index is 411. The zero-order valence-electron chi connectivity index (χ0n) is 11.5. The molecule has 2 nitrogen and oxygen atoms in total. The Hall–Kier alpha value is -0.380. The molecule has 19 heavy (non-hydrogen) atoms. The van der Waals surface area contributed by atoms with Crippen molar-refractivity contribution in [2.24, 2.45) is 0 Å². The number of rotatable bonds is 6. The number of nitrogens with one attached hydrogen (secondary N) is 1. The van der Waals surface area contributed by atoms with Gasteiger partial charge in [0, 0.05) is 5.56 Å². The molecule has 1 aromatic carbocycles. The second-order valence-corrected chi connectivity index (χ2v) is 6.21. The lowest BCUT2D eigenvalue weighted by molar-refractivity contribution is 0.306. The van der Waals surface area contributed by atoms with Crippen molar-refractivity contribution in [2.75, 3.05) is 31.7 Å². The largest absolute Gasteiger partial charge is 0.492 e. The molecule has 0 radical (unpaired) electrons. The van der Waals surface area contributed by atoms with Crippen molar-refractivity contribution in [2.45, 2.75) is 25.7 Å². The van der Waals surface area contributed by atoms with Gasteiger partial charge in [0.1, 0.15) is 5.75 Å². The van der Waals surface area contributed by atoms with Crippen LogP contribution in [0.1, 0.15) is 24.0 Å². The van der Waals surface area contributed by atoms with Gasteiger partial charge < -0.3 is 10.1 Å². The number of ether oxygens (including phenoxy) is 1. The Kier molecular flexibility index (Phi) is 6.35. The van der Waals surface area contributed by atoms with Crippen molar-refractivity contribution in [3.05, 3.63) is 28.3 Å². The fraction of sp³-hybridized carbons (Fsp3) is 0.600. The summed E-state index contributed by atoms with van der Waals surface area (Å²) < 4.78 is 5.97. The van der Waals surface area contributed by atoms with Gasteiger partial charge in [-0.25, -0.2) is 0 Å². The van der Waals surface area contributed by atoms with Gasteiger partial charge in [-0.05, 0) is 62.4 Å². The molecule has 0 aliphatic carbocycles. The number of fused-ring (bicyclic) bond motifs is 1. The second kappa shape index (κ2) is 8.03. The fourth-order valence-corrected chi connectivity index (χ4v) is 3.11. The third kappa shape index (κ3) is 4.30. The summed E-state index contributed by atoms with van der Waals surface area (Å²) in [4.78, 5) is 0. The van der Waals surface area contributed by atoms with Crippen LogP contribution in [0.2, 0.25) is 5.02 Å². The molecule has 2 rings (SSSR count). The number of thioether (sulfide) groups is 1. The highest BCUT2D eigenvalue weighted by Gasteiger charge is 2.15. The number of benzene rings is 1. The van der Waals surface area contributed by atoms with E-state index in [-0.39, 0.29) is 0 Å². The molecule has 0 unspecified atom stereocenters. The summed E-state index contributed by atoms with van der Waals surface area (Å²) in [5.41, 5.74) is 2.69. The predicted molar refractivity (Wildman–Crippen MR) is 84.8 cm³/mol. The fourth-order valence-electron chi connectivity index (χ4n) is 2.39. The van der Waals surface area contributed by atoms with Crippen LogP contribution in [0.5, 0.6) is 5.75 Å². The molecule has 0 aromatic heterocycles. The van der Waals surface area contributed by atoms with E-state index in [0.717, 1.165) is 49.7 Å². The van der Waals surface area contributed by atoms with Crippen LogP contribution in [0.3, 0.4) is 0 Å². The maximum atomic E-state index is 6.31. The quantitative estimate of drug-likeness (QED) is 0.812. The Labute approximate surface area is 125 Å². The van der Waals surface area contributed by atoms with Crippen molar-refractivity contribution in [3.8, 4) is 5.75 Å². The zero-order chi connectivity index (χ0) is 13.5. The van der Waals surface area contributed by atoms with Crippen LogP contribution in [-0.4, -0.2) is 31.7 Å². The molecule has 0 atom stereocenters. The molecule has 1 aliphatic rings. The first-order valence-electron chi connectivity index (χ1n) is 6.95. The van der Waals surface area contributed by atoms with Crippen LogP contribution < -0.4 is 10.1 Å². The molecule has 106 valence electrons. The minimum atomic E-state index is 0.755. The van der Waals surface area contributed by atoms with E-state index in [1.165, 1.54) is 23.3 Å². The average Bonchev–Trinajstić information content (AvgIpc) is 2.66. The van der Waals surface area contributed by atoms with Gasteiger partial charge in [-0.15, -0.1) is 0 Å². The molecular weight excluding hydrogens is 278 g/mol.